The number of carboxylic acid groups (broad SMARTS) is 1. The van der Waals surface area contributed by atoms with Crippen molar-refractivity contribution in [3.63, 3.8) is 0 Å². The minimum absolute atomic E-state index is 0.0270. The van der Waals surface area contributed by atoms with Gasteiger partial charge in [-0.25, -0.2) is 4.79 Å². The maximum atomic E-state index is 11.8. The van der Waals surface area contributed by atoms with E-state index in [1.165, 1.54) is 11.0 Å². The molecule has 1 unspecified atom stereocenters. The monoisotopic (exact) mass is 287 g/mol. The number of aromatic carboxylic acids is 1. The number of hydrogen-bond acceptors (Lipinski definition) is 2. The highest BCUT2D eigenvalue weighted by Gasteiger charge is 2.32. The van der Waals surface area contributed by atoms with Crippen molar-refractivity contribution < 1.29 is 14.7 Å². The molecule has 1 amide bonds. The number of aryl methyl sites for hydroxylation is 1. The van der Waals surface area contributed by atoms with Gasteiger partial charge in [-0.1, -0.05) is 11.6 Å². The van der Waals surface area contributed by atoms with Crippen LogP contribution in [0.3, 0.4) is 0 Å². The summed E-state index contributed by atoms with van der Waals surface area (Å²) in [5.41, 5.74) is 1.07. The summed E-state index contributed by atoms with van der Waals surface area (Å²) >= 11 is 11.8. The topological polar surface area (TPSA) is 57.6 Å². The highest BCUT2D eigenvalue weighted by Crippen LogP contribution is 2.33. The lowest BCUT2D eigenvalue weighted by Crippen LogP contribution is -2.27. The van der Waals surface area contributed by atoms with Gasteiger partial charge >= 0.3 is 5.97 Å². The number of halogens is 2. The lowest BCUT2D eigenvalue weighted by atomic mass is 10.1. The van der Waals surface area contributed by atoms with Crippen LogP contribution in [0, 0.1) is 6.92 Å². The molecule has 1 fully saturated rings. The van der Waals surface area contributed by atoms with Gasteiger partial charge in [0.25, 0.3) is 0 Å². The van der Waals surface area contributed by atoms with Gasteiger partial charge in [0.05, 0.1) is 16.6 Å². The Hall–Kier alpha value is -1.26. The molecule has 1 aliphatic rings. The molecule has 1 aliphatic heterocycles. The fourth-order valence-electron chi connectivity index (χ4n) is 2.14. The number of rotatable bonds is 2. The van der Waals surface area contributed by atoms with E-state index < -0.39 is 5.97 Å². The predicted octanol–water partition coefficient (Wildman–Crippen LogP) is 2.69. The molecule has 0 aliphatic carbocycles. The number of amides is 1. The Morgan fingerprint density at radius 3 is 2.67 bits per heavy atom. The second kappa shape index (κ2) is 4.78. The number of nitrogens with zero attached hydrogens (tertiary/aromatic N) is 1. The first-order valence-electron chi connectivity index (χ1n) is 5.38. The van der Waals surface area contributed by atoms with Gasteiger partial charge in [0, 0.05) is 18.0 Å². The standard InChI is InChI=1S/C12H11Cl2NO3/c1-6-2-7(13)3-9(12(17)18)11(6)15-5-8(14)4-10(15)16/h2-3,8H,4-5H2,1H3,(H,17,18). The zero-order chi connectivity index (χ0) is 13.4. The first kappa shape index (κ1) is 13.2. The Bertz CT molecular complexity index is 530. The SMILES string of the molecule is Cc1cc(Cl)cc(C(=O)O)c1N1CC(Cl)CC1=O. The summed E-state index contributed by atoms with van der Waals surface area (Å²) in [6.07, 6.45) is 0.225. The maximum Gasteiger partial charge on any atom is 0.337 e. The molecule has 1 aromatic carbocycles. The number of benzene rings is 1. The van der Waals surface area contributed by atoms with Gasteiger partial charge in [0.15, 0.2) is 0 Å². The van der Waals surface area contributed by atoms with Gasteiger partial charge in [0.2, 0.25) is 5.91 Å². The van der Waals surface area contributed by atoms with Gasteiger partial charge < -0.3 is 10.0 Å². The first-order chi connectivity index (χ1) is 8.40. The highest BCUT2D eigenvalue weighted by atomic mass is 35.5. The number of hydrogen-bond donors (Lipinski definition) is 1. The fraction of sp³-hybridized carbons (Fsp3) is 0.333. The molecule has 0 saturated carbocycles. The molecule has 0 spiro atoms. The average molecular weight is 288 g/mol. The lowest BCUT2D eigenvalue weighted by Gasteiger charge is -2.21. The smallest absolute Gasteiger partial charge is 0.337 e. The van der Waals surface area contributed by atoms with E-state index in [2.05, 4.69) is 0 Å². The average Bonchev–Trinajstić information content (AvgIpc) is 2.56. The Morgan fingerprint density at radius 2 is 2.17 bits per heavy atom. The van der Waals surface area contributed by atoms with Crippen LogP contribution in [0.5, 0.6) is 0 Å². The first-order valence-corrected chi connectivity index (χ1v) is 6.19. The zero-order valence-corrected chi connectivity index (χ0v) is 11.1. The minimum Gasteiger partial charge on any atom is -0.478 e. The van der Waals surface area contributed by atoms with Crippen molar-refractivity contribution in [1.29, 1.82) is 0 Å². The summed E-state index contributed by atoms with van der Waals surface area (Å²) in [5, 5.41) is 9.25. The molecule has 1 N–H and O–H groups in total. The van der Waals surface area contributed by atoms with Crippen molar-refractivity contribution in [1.82, 2.24) is 0 Å². The van der Waals surface area contributed by atoms with Crippen LogP contribution >= 0.6 is 23.2 Å². The van der Waals surface area contributed by atoms with Gasteiger partial charge in [-0.15, -0.1) is 11.6 Å². The molecule has 1 saturated heterocycles. The maximum absolute atomic E-state index is 11.8. The van der Waals surface area contributed by atoms with Crippen molar-refractivity contribution in [3.8, 4) is 0 Å². The van der Waals surface area contributed by atoms with E-state index in [9.17, 15) is 14.7 Å². The van der Waals surface area contributed by atoms with Crippen molar-refractivity contribution >= 4 is 40.8 Å². The van der Waals surface area contributed by atoms with Crippen LogP contribution in [0.2, 0.25) is 5.02 Å². The highest BCUT2D eigenvalue weighted by molar-refractivity contribution is 6.31. The third-order valence-electron chi connectivity index (χ3n) is 2.84. The Kier molecular flexibility index (Phi) is 3.50. The number of carboxylic acids is 1. The normalized spacial score (nSPS) is 19.4. The van der Waals surface area contributed by atoms with E-state index in [0.29, 0.717) is 22.8 Å². The van der Waals surface area contributed by atoms with E-state index in [-0.39, 0.29) is 23.3 Å². The number of carbonyl (C=O) groups is 2. The van der Waals surface area contributed by atoms with E-state index >= 15 is 0 Å². The van der Waals surface area contributed by atoms with Crippen molar-refractivity contribution in [2.75, 3.05) is 11.4 Å². The molecule has 0 bridgehead atoms. The van der Waals surface area contributed by atoms with Crippen LogP contribution in [0.15, 0.2) is 12.1 Å². The van der Waals surface area contributed by atoms with Gasteiger partial charge in [-0.05, 0) is 24.6 Å². The van der Waals surface area contributed by atoms with Crippen LogP contribution < -0.4 is 4.90 Å². The molecule has 1 aromatic rings. The molecule has 1 heterocycles. The van der Waals surface area contributed by atoms with Gasteiger partial charge in [0.1, 0.15) is 0 Å². The number of carbonyl (C=O) groups excluding carboxylic acids is 1. The van der Waals surface area contributed by atoms with E-state index in [4.69, 9.17) is 23.2 Å². The quantitative estimate of drug-likeness (QED) is 0.851. The molecule has 0 radical (unpaired) electrons. The molecular weight excluding hydrogens is 277 g/mol. The summed E-state index contributed by atoms with van der Waals surface area (Å²) in [4.78, 5) is 24.5. The van der Waals surface area contributed by atoms with Crippen LogP contribution in [-0.4, -0.2) is 28.9 Å². The fourth-order valence-corrected chi connectivity index (χ4v) is 2.68. The number of alkyl halides is 1. The Morgan fingerprint density at radius 1 is 1.50 bits per heavy atom. The summed E-state index contributed by atoms with van der Waals surface area (Å²) in [6, 6.07) is 2.99. The third kappa shape index (κ3) is 2.31. The molecular formula is C12H11Cl2NO3. The zero-order valence-electron chi connectivity index (χ0n) is 9.61. The second-order valence-electron chi connectivity index (χ2n) is 4.23. The summed E-state index contributed by atoms with van der Waals surface area (Å²) in [5.74, 6) is -1.27. The van der Waals surface area contributed by atoms with Crippen molar-refractivity contribution in [2.24, 2.45) is 0 Å². The Balaban J connectivity index is 2.56. The molecule has 1 atom stereocenters. The predicted molar refractivity (Wildman–Crippen MR) is 69.8 cm³/mol. The minimum atomic E-state index is -1.11. The number of anilines is 1. The van der Waals surface area contributed by atoms with Crippen LogP contribution in [0.4, 0.5) is 5.69 Å². The van der Waals surface area contributed by atoms with E-state index in [1.807, 2.05) is 0 Å². The second-order valence-corrected chi connectivity index (χ2v) is 5.28. The van der Waals surface area contributed by atoms with Crippen LogP contribution in [-0.2, 0) is 4.79 Å². The molecule has 6 heteroatoms. The third-order valence-corrected chi connectivity index (χ3v) is 3.35. The molecule has 2 rings (SSSR count). The largest absolute Gasteiger partial charge is 0.478 e. The van der Waals surface area contributed by atoms with Gasteiger partial charge in [-0.3, -0.25) is 4.79 Å². The summed E-state index contributed by atoms with van der Waals surface area (Å²) in [7, 11) is 0. The van der Waals surface area contributed by atoms with E-state index in [1.54, 1.807) is 13.0 Å². The molecule has 4 nitrogen and oxygen atoms in total. The molecule has 18 heavy (non-hydrogen) atoms. The Labute approximate surface area is 114 Å². The summed E-state index contributed by atoms with van der Waals surface area (Å²) in [6.45, 7) is 2.05. The summed E-state index contributed by atoms with van der Waals surface area (Å²) < 4.78 is 0. The molecule has 0 aromatic heterocycles. The van der Waals surface area contributed by atoms with Crippen molar-refractivity contribution in [3.05, 3.63) is 28.3 Å². The van der Waals surface area contributed by atoms with Crippen molar-refractivity contribution in [2.45, 2.75) is 18.7 Å². The van der Waals surface area contributed by atoms with Crippen LogP contribution in [0.1, 0.15) is 22.3 Å². The molecule has 96 valence electrons. The van der Waals surface area contributed by atoms with E-state index in [0.717, 1.165) is 0 Å². The van der Waals surface area contributed by atoms with Gasteiger partial charge in [-0.2, -0.15) is 0 Å². The van der Waals surface area contributed by atoms with Crippen LogP contribution in [0.25, 0.3) is 0 Å². The lowest BCUT2D eigenvalue weighted by molar-refractivity contribution is -0.117.